The van der Waals surface area contributed by atoms with E-state index >= 15 is 0 Å². The van der Waals surface area contributed by atoms with E-state index in [2.05, 4.69) is 15.9 Å². The van der Waals surface area contributed by atoms with Crippen LogP contribution >= 0.6 is 27.5 Å². The summed E-state index contributed by atoms with van der Waals surface area (Å²) in [6, 6.07) is 2.64. The Morgan fingerprint density at radius 2 is 2.21 bits per heavy atom. The van der Waals surface area contributed by atoms with Crippen LogP contribution in [0.2, 0.25) is 5.02 Å². The molecule has 2 nitrogen and oxygen atoms in total. The first-order valence-electron chi connectivity index (χ1n) is 3.79. The van der Waals surface area contributed by atoms with Gasteiger partial charge in [-0.15, -0.1) is 0 Å². The van der Waals surface area contributed by atoms with E-state index in [1.165, 1.54) is 12.1 Å². The zero-order valence-corrected chi connectivity index (χ0v) is 9.40. The number of rotatable bonds is 3. The maximum absolute atomic E-state index is 13.3. The Balaban J connectivity index is 3.17. The smallest absolute Gasteiger partial charge is 0.307 e. The van der Waals surface area contributed by atoms with Gasteiger partial charge in [0.15, 0.2) is 0 Å². The average Bonchev–Trinajstić information content (AvgIpc) is 2.01. The van der Waals surface area contributed by atoms with Gasteiger partial charge in [0.05, 0.1) is 6.42 Å². The zero-order valence-electron chi connectivity index (χ0n) is 7.06. The van der Waals surface area contributed by atoms with Gasteiger partial charge >= 0.3 is 5.97 Å². The average molecular weight is 282 g/mol. The highest BCUT2D eigenvalue weighted by atomic mass is 79.9. The number of aliphatic carboxylic acids is 1. The highest BCUT2D eigenvalue weighted by Crippen LogP contribution is 2.22. The van der Waals surface area contributed by atoms with E-state index in [0.717, 1.165) is 0 Å². The predicted octanol–water partition coefficient (Wildman–Crippen LogP) is 3.00. The molecule has 0 aliphatic rings. The van der Waals surface area contributed by atoms with Crippen LogP contribution in [0.3, 0.4) is 0 Å². The number of hydrogen-bond acceptors (Lipinski definition) is 1. The Morgan fingerprint density at radius 1 is 1.57 bits per heavy atom. The molecule has 1 aromatic rings. The SMILES string of the molecule is O=C(O)Cc1cc(Cl)cc(F)c1CBr. The lowest BCUT2D eigenvalue weighted by molar-refractivity contribution is -0.136. The lowest BCUT2D eigenvalue weighted by Crippen LogP contribution is -2.04. The predicted molar refractivity (Wildman–Crippen MR) is 55.4 cm³/mol. The first kappa shape index (κ1) is 11.5. The van der Waals surface area contributed by atoms with Crippen molar-refractivity contribution in [1.29, 1.82) is 0 Å². The summed E-state index contributed by atoms with van der Waals surface area (Å²) in [5, 5.41) is 9.08. The lowest BCUT2D eigenvalue weighted by Gasteiger charge is -2.06. The number of halogens is 3. The van der Waals surface area contributed by atoms with Gasteiger partial charge in [0.25, 0.3) is 0 Å². The van der Waals surface area contributed by atoms with Crippen molar-refractivity contribution < 1.29 is 14.3 Å². The number of alkyl halides is 1. The van der Waals surface area contributed by atoms with Gasteiger partial charge in [-0.25, -0.2) is 4.39 Å². The van der Waals surface area contributed by atoms with Crippen LogP contribution < -0.4 is 0 Å². The van der Waals surface area contributed by atoms with Crippen molar-refractivity contribution >= 4 is 33.5 Å². The zero-order chi connectivity index (χ0) is 10.7. The molecule has 0 atom stereocenters. The van der Waals surface area contributed by atoms with Gasteiger partial charge in [0.2, 0.25) is 0 Å². The Kier molecular flexibility index (Phi) is 3.89. The number of benzene rings is 1. The van der Waals surface area contributed by atoms with Gasteiger partial charge in [-0.2, -0.15) is 0 Å². The van der Waals surface area contributed by atoms with Crippen LogP contribution in [0.5, 0.6) is 0 Å². The summed E-state index contributed by atoms with van der Waals surface area (Å²) in [5.74, 6) is -1.49. The minimum Gasteiger partial charge on any atom is -0.481 e. The fourth-order valence-corrected chi connectivity index (χ4v) is 1.98. The van der Waals surface area contributed by atoms with E-state index in [9.17, 15) is 9.18 Å². The van der Waals surface area contributed by atoms with E-state index in [-0.39, 0.29) is 16.8 Å². The summed E-state index contributed by atoms with van der Waals surface area (Å²) >= 11 is 8.71. The summed E-state index contributed by atoms with van der Waals surface area (Å²) in [7, 11) is 0. The highest BCUT2D eigenvalue weighted by molar-refractivity contribution is 9.08. The molecule has 76 valence electrons. The second kappa shape index (κ2) is 4.75. The van der Waals surface area contributed by atoms with Crippen LogP contribution in [0.15, 0.2) is 12.1 Å². The summed E-state index contributed by atoms with van der Waals surface area (Å²) in [6.45, 7) is 0. The van der Waals surface area contributed by atoms with Gasteiger partial charge in [0.1, 0.15) is 5.82 Å². The van der Waals surface area contributed by atoms with Crippen molar-refractivity contribution in [3.63, 3.8) is 0 Å². The molecule has 0 aliphatic heterocycles. The molecular formula is C9H7BrClFO2. The summed E-state index contributed by atoms with van der Waals surface area (Å²) in [6.07, 6.45) is -0.224. The van der Waals surface area contributed by atoms with Gasteiger partial charge in [-0.3, -0.25) is 4.79 Å². The van der Waals surface area contributed by atoms with Crippen molar-refractivity contribution in [2.24, 2.45) is 0 Å². The Labute approximate surface area is 93.8 Å². The molecule has 0 spiro atoms. The molecule has 0 heterocycles. The summed E-state index contributed by atoms with van der Waals surface area (Å²) < 4.78 is 13.3. The summed E-state index contributed by atoms with van der Waals surface area (Å²) in [5.41, 5.74) is 0.746. The largest absolute Gasteiger partial charge is 0.481 e. The highest BCUT2D eigenvalue weighted by Gasteiger charge is 2.11. The Bertz CT molecular complexity index is 368. The minimum absolute atomic E-state index is 0.212. The van der Waals surface area contributed by atoms with E-state index < -0.39 is 11.8 Å². The third-order valence-electron chi connectivity index (χ3n) is 1.73. The molecule has 0 saturated heterocycles. The van der Waals surface area contributed by atoms with Crippen LogP contribution in [0.25, 0.3) is 0 Å². The molecule has 0 aromatic heterocycles. The third kappa shape index (κ3) is 2.69. The van der Waals surface area contributed by atoms with Gasteiger partial charge in [-0.05, 0) is 17.7 Å². The van der Waals surface area contributed by atoms with Crippen LogP contribution in [0, 0.1) is 5.82 Å². The molecule has 1 rings (SSSR count). The molecule has 1 N–H and O–H groups in total. The van der Waals surface area contributed by atoms with Crippen molar-refractivity contribution in [2.45, 2.75) is 11.8 Å². The number of carbonyl (C=O) groups is 1. The van der Waals surface area contributed by atoms with Crippen molar-refractivity contribution in [3.05, 3.63) is 34.1 Å². The molecule has 14 heavy (non-hydrogen) atoms. The number of hydrogen-bond donors (Lipinski definition) is 1. The van der Waals surface area contributed by atoms with Crippen LogP contribution in [-0.4, -0.2) is 11.1 Å². The van der Waals surface area contributed by atoms with E-state index in [1.54, 1.807) is 0 Å². The molecule has 0 fully saturated rings. The van der Waals surface area contributed by atoms with Gasteiger partial charge in [0, 0.05) is 15.9 Å². The molecule has 0 bridgehead atoms. The minimum atomic E-state index is -1.01. The summed E-state index contributed by atoms with van der Waals surface area (Å²) in [4.78, 5) is 10.5. The van der Waals surface area contributed by atoms with Gasteiger partial charge in [-0.1, -0.05) is 27.5 Å². The fourth-order valence-electron chi connectivity index (χ4n) is 1.13. The second-order valence-corrected chi connectivity index (χ2v) is 3.73. The molecule has 0 saturated carbocycles. The van der Waals surface area contributed by atoms with Crippen LogP contribution in [-0.2, 0) is 16.5 Å². The van der Waals surface area contributed by atoms with Crippen molar-refractivity contribution in [3.8, 4) is 0 Å². The van der Waals surface area contributed by atoms with Crippen LogP contribution in [0.4, 0.5) is 4.39 Å². The first-order chi connectivity index (χ1) is 6.54. The third-order valence-corrected chi connectivity index (χ3v) is 2.51. The van der Waals surface area contributed by atoms with E-state index in [0.29, 0.717) is 11.1 Å². The monoisotopic (exact) mass is 280 g/mol. The maximum atomic E-state index is 13.3. The molecule has 1 aromatic carbocycles. The normalized spacial score (nSPS) is 10.2. The van der Waals surface area contributed by atoms with Crippen molar-refractivity contribution in [2.75, 3.05) is 0 Å². The first-order valence-corrected chi connectivity index (χ1v) is 5.29. The topological polar surface area (TPSA) is 37.3 Å². The maximum Gasteiger partial charge on any atom is 0.307 e. The standard InChI is InChI=1S/C9H7BrClFO2/c10-4-7-5(2-9(13)14)1-6(11)3-8(7)12/h1,3H,2,4H2,(H,13,14). The molecule has 0 amide bonds. The molecule has 0 aliphatic carbocycles. The number of carboxylic acids is 1. The Morgan fingerprint density at radius 3 is 2.71 bits per heavy atom. The van der Waals surface area contributed by atoms with Gasteiger partial charge < -0.3 is 5.11 Å². The quantitative estimate of drug-likeness (QED) is 0.865. The molecule has 0 unspecified atom stereocenters. The molecular weight excluding hydrogens is 274 g/mol. The van der Waals surface area contributed by atoms with E-state index in [4.69, 9.17) is 16.7 Å². The second-order valence-electron chi connectivity index (χ2n) is 2.73. The van der Waals surface area contributed by atoms with Crippen molar-refractivity contribution in [1.82, 2.24) is 0 Å². The van der Waals surface area contributed by atoms with E-state index in [1.807, 2.05) is 0 Å². The lowest BCUT2D eigenvalue weighted by atomic mass is 10.1. The molecule has 5 heteroatoms. The number of carboxylic acid groups (broad SMARTS) is 1. The van der Waals surface area contributed by atoms with Crippen LogP contribution in [0.1, 0.15) is 11.1 Å². The fraction of sp³-hybridized carbons (Fsp3) is 0.222. The molecule has 0 radical (unpaired) electrons. The Hall–Kier alpha value is -0.610.